The van der Waals surface area contributed by atoms with Crippen LogP contribution in [0.3, 0.4) is 0 Å². The Kier molecular flexibility index (Phi) is 7.35. The monoisotopic (exact) mass is 508 g/mol. The first-order valence-electron chi connectivity index (χ1n) is 12.2. The predicted octanol–water partition coefficient (Wildman–Crippen LogP) is 6.06. The number of imidazole rings is 1. The van der Waals surface area contributed by atoms with Gasteiger partial charge in [0, 0.05) is 41.9 Å². The first-order valence-corrected chi connectivity index (χ1v) is 12.2. The van der Waals surface area contributed by atoms with Crippen LogP contribution in [0.15, 0.2) is 91.4 Å². The van der Waals surface area contributed by atoms with Crippen LogP contribution in [0.5, 0.6) is 11.5 Å². The molecule has 5 aromatic rings. The van der Waals surface area contributed by atoms with E-state index in [1.165, 1.54) is 0 Å². The van der Waals surface area contributed by atoms with Gasteiger partial charge in [0.1, 0.15) is 11.5 Å². The fraction of sp³-hybridized carbons (Fsp3) is 0.138. The Bertz CT molecular complexity index is 1550. The van der Waals surface area contributed by atoms with Crippen LogP contribution in [-0.2, 0) is 6.54 Å². The number of carbonyl (C=O) groups is 1. The van der Waals surface area contributed by atoms with Gasteiger partial charge in [-0.3, -0.25) is 0 Å². The minimum Gasteiger partial charge on any atom is -0.495 e. The largest absolute Gasteiger partial charge is 0.495 e. The topological polar surface area (TPSA) is 102 Å². The molecule has 0 fully saturated rings. The van der Waals surface area contributed by atoms with Crippen LogP contribution in [0.1, 0.15) is 12.5 Å². The van der Waals surface area contributed by atoms with E-state index in [0.717, 1.165) is 28.2 Å². The van der Waals surface area contributed by atoms with E-state index in [1.807, 2.05) is 84.4 Å². The first-order chi connectivity index (χ1) is 18.6. The van der Waals surface area contributed by atoms with Gasteiger partial charge in [-0.05, 0) is 37.3 Å². The van der Waals surface area contributed by atoms with E-state index in [2.05, 4.69) is 20.9 Å². The second kappa shape index (κ2) is 11.3. The number of urea groups is 1. The quantitative estimate of drug-likeness (QED) is 0.224. The molecule has 0 radical (unpaired) electrons. The number of benzene rings is 3. The number of para-hydroxylation sites is 3. The third kappa shape index (κ3) is 5.52. The Balaban J connectivity index is 1.32. The number of methoxy groups -OCH3 is 1. The van der Waals surface area contributed by atoms with E-state index in [9.17, 15) is 4.79 Å². The van der Waals surface area contributed by atoms with Crippen molar-refractivity contribution < 1.29 is 14.3 Å². The molecule has 0 aliphatic carbocycles. The number of nitrogens with one attached hydrogen (secondary N) is 3. The molecule has 0 spiro atoms. The third-order valence-electron chi connectivity index (χ3n) is 5.89. The summed E-state index contributed by atoms with van der Waals surface area (Å²) >= 11 is 0. The van der Waals surface area contributed by atoms with Gasteiger partial charge in [-0.2, -0.15) is 0 Å². The first kappa shape index (κ1) is 24.6. The molecule has 0 bridgehead atoms. The van der Waals surface area contributed by atoms with Crippen LogP contribution in [0, 0.1) is 0 Å². The number of ether oxygens (including phenoxy) is 2. The summed E-state index contributed by atoms with van der Waals surface area (Å²) in [6.45, 7) is 3.11. The molecule has 5 rings (SSSR count). The molecule has 0 atom stereocenters. The highest BCUT2D eigenvalue weighted by atomic mass is 16.5. The fourth-order valence-corrected chi connectivity index (χ4v) is 4.07. The summed E-state index contributed by atoms with van der Waals surface area (Å²) in [4.78, 5) is 21.8. The molecular formula is C29H28N6O3. The normalized spacial score (nSPS) is 10.7. The van der Waals surface area contributed by atoms with Gasteiger partial charge in [-0.15, -0.1) is 0 Å². The Labute approximate surface area is 220 Å². The van der Waals surface area contributed by atoms with E-state index in [4.69, 9.17) is 14.5 Å². The molecule has 192 valence electrons. The molecule has 38 heavy (non-hydrogen) atoms. The van der Waals surface area contributed by atoms with Crippen LogP contribution in [0.25, 0.3) is 16.9 Å². The van der Waals surface area contributed by atoms with E-state index >= 15 is 0 Å². The minimum atomic E-state index is -0.362. The molecule has 0 aliphatic heterocycles. The zero-order valence-electron chi connectivity index (χ0n) is 21.1. The van der Waals surface area contributed by atoms with Crippen molar-refractivity contribution in [2.75, 3.05) is 29.7 Å². The molecule has 0 saturated carbocycles. The van der Waals surface area contributed by atoms with Gasteiger partial charge < -0.3 is 29.8 Å². The van der Waals surface area contributed by atoms with Crippen LogP contribution < -0.4 is 25.4 Å². The molecule has 2 heterocycles. The Morgan fingerprint density at radius 1 is 0.947 bits per heavy atom. The third-order valence-corrected chi connectivity index (χ3v) is 5.89. The van der Waals surface area contributed by atoms with Crippen molar-refractivity contribution in [2.24, 2.45) is 0 Å². The molecule has 0 aliphatic rings. The highest BCUT2D eigenvalue weighted by Gasteiger charge is 2.12. The number of rotatable bonds is 9. The van der Waals surface area contributed by atoms with Crippen LogP contribution >= 0.6 is 0 Å². The molecule has 3 N–H and O–H groups in total. The van der Waals surface area contributed by atoms with Crippen molar-refractivity contribution >= 4 is 28.9 Å². The summed E-state index contributed by atoms with van der Waals surface area (Å²) in [7, 11) is 1.56. The average Bonchev–Trinajstić information content (AvgIpc) is 3.42. The lowest BCUT2D eigenvalue weighted by Crippen LogP contribution is -2.19. The number of carbonyl (C=O) groups excluding carboxylic acids is 1. The zero-order valence-corrected chi connectivity index (χ0v) is 21.1. The number of fused-ring (bicyclic) bond motifs is 1. The highest BCUT2D eigenvalue weighted by molar-refractivity contribution is 6.00. The lowest BCUT2D eigenvalue weighted by atomic mass is 10.1. The molecule has 0 unspecified atom stereocenters. The number of nitrogens with zero attached hydrogens (tertiary/aromatic N) is 3. The van der Waals surface area contributed by atoms with Crippen molar-refractivity contribution in [3.8, 4) is 22.8 Å². The van der Waals surface area contributed by atoms with Gasteiger partial charge in [-0.25, -0.2) is 14.8 Å². The van der Waals surface area contributed by atoms with E-state index < -0.39 is 0 Å². The van der Waals surface area contributed by atoms with Crippen LogP contribution in [0.2, 0.25) is 0 Å². The second-order valence-corrected chi connectivity index (χ2v) is 8.38. The van der Waals surface area contributed by atoms with Gasteiger partial charge in [0.05, 0.1) is 25.1 Å². The minimum absolute atomic E-state index is 0.362. The Hall–Kier alpha value is -5.05. The molecular weight excluding hydrogens is 480 g/mol. The summed E-state index contributed by atoms with van der Waals surface area (Å²) in [6.07, 6.45) is 5.56. The number of hydrogen-bond donors (Lipinski definition) is 3. The maximum absolute atomic E-state index is 12.5. The van der Waals surface area contributed by atoms with Gasteiger partial charge in [0.25, 0.3) is 0 Å². The smallest absolute Gasteiger partial charge is 0.323 e. The van der Waals surface area contributed by atoms with Crippen LogP contribution in [0.4, 0.5) is 22.0 Å². The molecule has 9 nitrogen and oxygen atoms in total. The lowest BCUT2D eigenvalue weighted by Gasteiger charge is -2.13. The molecule has 3 aromatic carbocycles. The van der Waals surface area contributed by atoms with Gasteiger partial charge in [0.15, 0.2) is 11.5 Å². The number of amides is 2. The summed E-state index contributed by atoms with van der Waals surface area (Å²) < 4.78 is 13.0. The Morgan fingerprint density at radius 3 is 2.50 bits per heavy atom. The molecule has 0 saturated heterocycles. The van der Waals surface area contributed by atoms with E-state index in [0.29, 0.717) is 36.1 Å². The zero-order chi connectivity index (χ0) is 26.3. The maximum Gasteiger partial charge on any atom is 0.323 e. The van der Waals surface area contributed by atoms with Gasteiger partial charge >= 0.3 is 6.03 Å². The molecule has 2 amide bonds. The van der Waals surface area contributed by atoms with Gasteiger partial charge in [-0.1, -0.05) is 42.5 Å². The van der Waals surface area contributed by atoms with Crippen molar-refractivity contribution in [2.45, 2.75) is 13.5 Å². The number of hydrogen-bond acceptors (Lipinski definition) is 6. The van der Waals surface area contributed by atoms with Crippen molar-refractivity contribution in [1.82, 2.24) is 14.4 Å². The second-order valence-electron chi connectivity index (χ2n) is 8.38. The van der Waals surface area contributed by atoms with E-state index in [1.54, 1.807) is 25.4 Å². The maximum atomic E-state index is 12.5. The predicted molar refractivity (Wildman–Crippen MR) is 149 cm³/mol. The van der Waals surface area contributed by atoms with Crippen LogP contribution in [-0.4, -0.2) is 34.1 Å². The number of anilines is 3. The summed E-state index contributed by atoms with van der Waals surface area (Å²) in [6, 6.07) is 22.3. The molecule has 9 heteroatoms. The van der Waals surface area contributed by atoms with E-state index in [-0.39, 0.29) is 6.03 Å². The summed E-state index contributed by atoms with van der Waals surface area (Å²) in [5.74, 6) is 2.10. The fourth-order valence-electron chi connectivity index (χ4n) is 4.07. The summed E-state index contributed by atoms with van der Waals surface area (Å²) in [5, 5.41) is 9.07. The van der Waals surface area contributed by atoms with Crippen molar-refractivity contribution in [3.63, 3.8) is 0 Å². The van der Waals surface area contributed by atoms with Gasteiger partial charge in [0.2, 0.25) is 0 Å². The lowest BCUT2D eigenvalue weighted by molar-refractivity contribution is 0.262. The Morgan fingerprint density at radius 2 is 1.71 bits per heavy atom. The summed E-state index contributed by atoms with van der Waals surface area (Å²) in [5.41, 5.74) is 4.67. The highest BCUT2D eigenvalue weighted by Crippen LogP contribution is 2.26. The van der Waals surface area contributed by atoms with Crippen molar-refractivity contribution in [1.29, 1.82) is 0 Å². The SMILES string of the molecule is CCOc1ccccc1CNc1nc(-c2ccc(NC(=O)Nc3ccccc3OC)cc2)cn2ccnc12. The van der Waals surface area contributed by atoms with Crippen molar-refractivity contribution in [3.05, 3.63) is 97.0 Å². The average molecular weight is 509 g/mol. The molecule has 2 aromatic heterocycles. The standard InChI is InChI=1S/C29H28N6O3/c1-3-38-25-10-6-4-8-21(25)18-31-27-28-30-16-17-35(28)19-24(33-27)20-12-14-22(15-13-20)32-29(36)34-23-9-5-7-11-26(23)37-2/h4-17,19H,3,18H2,1-2H3,(H,31,33)(H2,32,34,36). The number of aromatic nitrogens is 3.